The van der Waals surface area contributed by atoms with Crippen LogP contribution in [0.5, 0.6) is 17.2 Å². The average molecular weight is 322 g/mol. The van der Waals surface area contributed by atoms with Gasteiger partial charge in [0.1, 0.15) is 34.5 Å². The summed E-state index contributed by atoms with van der Waals surface area (Å²) in [4.78, 5) is 12.6. The zero-order chi connectivity index (χ0) is 16.9. The molecule has 0 bridgehead atoms. The molecule has 1 N–H and O–H groups in total. The molecule has 0 spiro atoms. The molecule has 122 valence electrons. The van der Waals surface area contributed by atoms with Gasteiger partial charge in [-0.2, -0.15) is 0 Å². The van der Waals surface area contributed by atoms with Crippen LogP contribution in [0.25, 0.3) is 6.08 Å². The molecule has 4 nitrogen and oxygen atoms in total. The van der Waals surface area contributed by atoms with Crippen LogP contribution >= 0.6 is 0 Å². The summed E-state index contributed by atoms with van der Waals surface area (Å²) in [7, 11) is 0. The number of aromatic hydroxyl groups is 1. The number of phenolic OH excluding ortho intramolecular Hbond substituents is 1. The number of hydrogen-bond donors (Lipinski definition) is 1. The summed E-state index contributed by atoms with van der Waals surface area (Å²) in [5.74, 6) is 0.720. The molecule has 4 heteroatoms. The predicted molar refractivity (Wildman–Crippen MR) is 90.6 cm³/mol. The number of fused-ring (bicyclic) bond motifs is 2. The van der Waals surface area contributed by atoms with Crippen LogP contribution in [-0.4, -0.2) is 16.5 Å². The third kappa shape index (κ3) is 2.35. The van der Waals surface area contributed by atoms with Crippen molar-refractivity contribution in [3.05, 3.63) is 59.2 Å². The van der Waals surface area contributed by atoms with Crippen molar-refractivity contribution in [2.45, 2.75) is 32.0 Å². The van der Waals surface area contributed by atoms with E-state index in [1.165, 1.54) is 0 Å². The quantitative estimate of drug-likeness (QED) is 0.851. The fourth-order valence-corrected chi connectivity index (χ4v) is 3.17. The van der Waals surface area contributed by atoms with Crippen LogP contribution in [-0.2, 0) is 0 Å². The van der Waals surface area contributed by atoms with E-state index in [0.29, 0.717) is 17.1 Å². The van der Waals surface area contributed by atoms with E-state index in [9.17, 15) is 9.90 Å². The highest BCUT2D eigenvalue weighted by Crippen LogP contribution is 2.47. The highest BCUT2D eigenvalue weighted by Gasteiger charge is 2.34. The van der Waals surface area contributed by atoms with Gasteiger partial charge in [-0.15, -0.1) is 0 Å². The Morgan fingerprint density at radius 1 is 1.17 bits per heavy atom. The van der Waals surface area contributed by atoms with Crippen molar-refractivity contribution >= 4 is 11.9 Å². The number of hydrogen-bond acceptors (Lipinski definition) is 4. The van der Waals surface area contributed by atoms with Gasteiger partial charge in [-0.3, -0.25) is 4.79 Å². The van der Waals surface area contributed by atoms with Crippen LogP contribution in [0.1, 0.15) is 47.9 Å². The van der Waals surface area contributed by atoms with Crippen molar-refractivity contribution in [3.8, 4) is 17.2 Å². The minimum atomic E-state index is -0.467. The Bertz CT molecular complexity index is 850. The Labute approximate surface area is 140 Å². The van der Waals surface area contributed by atoms with E-state index in [4.69, 9.17) is 9.47 Å². The Kier molecular flexibility index (Phi) is 3.17. The fourth-order valence-electron chi connectivity index (χ4n) is 3.17. The molecular weight excluding hydrogens is 304 g/mol. The first-order valence-electron chi connectivity index (χ1n) is 7.97. The third-order valence-corrected chi connectivity index (χ3v) is 4.38. The van der Waals surface area contributed by atoms with Gasteiger partial charge in [-0.05, 0) is 31.6 Å². The Balaban J connectivity index is 1.79. The first-order valence-corrected chi connectivity index (χ1v) is 7.97. The number of Topliss-reactive ketones (excluding diaryl/α,β-unsaturated/α-hetero) is 1. The summed E-state index contributed by atoms with van der Waals surface area (Å²) in [5, 5.41) is 10.5. The zero-order valence-corrected chi connectivity index (χ0v) is 13.6. The lowest BCUT2D eigenvalue weighted by Crippen LogP contribution is -2.28. The molecule has 0 saturated heterocycles. The van der Waals surface area contributed by atoms with Crippen LogP contribution in [0.4, 0.5) is 0 Å². The summed E-state index contributed by atoms with van der Waals surface area (Å²) in [6.07, 6.45) is 3.52. The van der Waals surface area contributed by atoms with Crippen molar-refractivity contribution in [3.63, 3.8) is 0 Å². The summed E-state index contributed by atoms with van der Waals surface area (Å²) in [6, 6.07) is 11.3. The second-order valence-corrected chi connectivity index (χ2v) is 6.69. The van der Waals surface area contributed by atoms with E-state index in [1.54, 1.807) is 12.1 Å². The Morgan fingerprint density at radius 2 is 1.92 bits per heavy atom. The van der Waals surface area contributed by atoms with Crippen LogP contribution in [0.2, 0.25) is 0 Å². The van der Waals surface area contributed by atoms with Gasteiger partial charge in [0.05, 0.1) is 12.0 Å². The maximum absolute atomic E-state index is 12.6. The van der Waals surface area contributed by atoms with E-state index < -0.39 is 5.60 Å². The molecule has 2 aromatic carbocycles. The third-order valence-electron chi connectivity index (χ3n) is 4.38. The number of ketones is 1. The van der Waals surface area contributed by atoms with Gasteiger partial charge in [0.2, 0.25) is 0 Å². The lowest BCUT2D eigenvalue weighted by molar-refractivity contribution is 0.0842. The van der Waals surface area contributed by atoms with Crippen LogP contribution < -0.4 is 9.47 Å². The minimum Gasteiger partial charge on any atom is -0.506 e. The summed E-state index contributed by atoms with van der Waals surface area (Å²) >= 11 is 0. The SMILES string of the molecule is CC1(C)C=Cc2c(cc3c(c2O)C(=O)C[C@H](c2ccccc2)O3)O1. The van der Waals surface area contributed by atoms with Gasteiger partial charge in [-0.1, -0.05) is 30.3 Å². The minimum absolute atomic E-state index is 0.0641. The smallest absolute Gasteiger partial charge is 0.174 e. The van der Waals surface area contributed by atoms with E-state index in [0.717, 1.165) is 5.56 Å². The molecule has 24 heavy (non-hydrogen) atoms. The molecule has 4 rings (SSSR count). The second-order valence-electron chi connectivity index (χ2n) is 6.69. The molecule has 2 aromatic rings. The number of phenols is 1. The van der Waals surface area contributed by atoms with Crippen molar-refractivity contribution in [2.75, 3.05) is 0 Å². The van der Waals surface area contributed by atoms with Gasteiger partial charge >= 0.3 is 0 Å². The molecule has 0 aromatic heterocycles. The second kappa shape index (κ2) is 5.13. The van der Waals surface area contributed by atoms with Gasteiger partial charge in [-0.25, -0.2) is 0 Å². The van der Waals surface area contributed by atoms with Crippen molar-refractivity contribution in [2.24, 2.45) is 0 Å². The topological polar surface area (TPSA) is 55.8 Å². The van der Waals surface area contributed by atoms with Crippen molar-refractivity contribution in [1.29, 1.82) is 0 Å². The molecular formula is C20H18O4. The molecule has 0 radical (unpaired) electrons. The standard InChI is InChI=1S/C20H18O4/c1-20(2)9-8-13-16(24-20)11-17-18(19(13)22)14(21)10-15(23-17)12-6-4-3-5-7-12/h3-9,11,15,22H,10H2,1-2H3/t15-/m1/s1. The average Bonchev–Trinajstić information content (AvgIpc) is 2.54. The van der Waals surface area contributed by atoms with Gasteiger partial charge < -0.3 is 14.6 Å². The van der Waals surface area contributed by atoms with Gasteiger partial charge in [0.25, 0.3) is 0 Å². The highest BCUT2D eigenvalue weighted by molar-refractivity contribution is 6.04. The molecule has 1 atom stereocenters. The maximum atomic E-state index is 12.6. The maximum Gasteiger partial charge on any atom is 0.174 e. The van der Waals surface area contributed by atoms with Crippen LogP contribution in [0.3, 0.4) is 0 Å². The van der Waals surface area contributed by atoms with E-state index in [-0.39, 0.29) is 29.6 Å². The van der Waals surface area contributed by atoms with Crippen LogP contribution in [0, 0.1) is 0 Å². The van der Waals surface area contributed by atoms with E-state index >= 15 is 0 Å². The van der Waals surface area contributed by atoms with Gasteiger partial charge in [0, 0.05) is 6.07 Å². The first-order chi connectivity index (χ1) is 11.4. The summed E-state index contributed by atoms with van der Waals surface area (Å²) in [5.41, 5.74) is 1.25. The number of carbonyl (C=O) groups is 1. The number of carbonyl (C=O) groups excluding carboxylic acids is 1. The monoisotopic (exact) mass is 322 g/mol. The fraction of sp³-hybridized carbons (Fsp3) is 0.250. The normalized spacial score (nSPS) is 20.6. The number of ether oxygens (including phenoxy) is 2. The van der Waals surface area contributed by atoms with E-state index in [2.05, 4.69) is 0 Å². The first kappa shape index (κ1) is 14.8. The predicted octanol–water partition coefficient (Wildman–Crippen LogP) is 4.28. The summed E-state index contributed by atoms with van der Waals surface area (Å²) < 4.78 is 11.9. The molecule has 2 aliphatic rings. The Morgan fingerprint density at radius 3 is 2.67 bits per heavy atom. The lowest BCUT2D eigenvalue weighted by atomic mass is 9.92. The molecule has 2 aliphatic heterocycles. The molecule has 0 fully saturated rings. The molecule has 0 amide bonds. The number of benzene rings is 2. The van der Waals surface area contributed by atoms with Gasteiger partial charge in [0.15, 0.2) is 5.78 Å². The molecule has 2 heterocycles. The van der Waals surface area contributed by atoms with Crippen LogP contribution in [0.15, 0.2) is 42.5 Å². The largest absolute Gasteiger partial charge is 0.506 e. The van der Waals surface area contributed by atoms with E-state index in [1.807, 2.05) is 50.3 Å². The van der Waals surface area contributed by atoms with Crippen molar-refractivity contribution in [1.82, 2.24) is 0 Å². The lowest BCUT2D eigenvalue weighted by Gasteiger charge is -2.31. The molecule has 0 saturated carbocycles. The van der Waals surface area contributed by atoms with Crippen molar-refractivity contribution < 1.29 is 19.4 Å². The molecule has 0 unspecified atom stereocenters. The summed E-state index contributed by atoms with van der Waals surface area (Å²) in [6.45, 7) is 3.86. The number of rotatable bonds is 1. The zero-order valence-electron chi connectivity index (χ0n) is 13.6. The highest BCUT2D eigenvalue weighted by atomic mass is 16.5. The Hall–Kier alpha value is -2.75. The molecule has 0 aliphatic carbocycles.